The zero-order valence-corrected chi connectivity index (χ0v) is 18.9. The molecule has 0 spiro atoms. The Morgan fingerprint density at radius 1 is 1.09 bits per heavy atom. The molecule has 33 heavy (non-hydrogen) atoms. The van der Waals surface area contributed by atoms with Crippen molar-refractivity contribution >= 4 is 17.8 Å². The highest BCUT2D eigenvalue weighted by Gasteiger charge is 2.34. The van der Waals surface area contributed by atoms with Gasteiger partial charge >= 0.3 is 0 Å². The summed E-state index contributed by atoms with van der Waals surface area (Å²) in [6, 6.07) is 9.68. The van der Waals surface area contributed by atoms with Crippen LogP contribution in [0.15, 0.2) is 53.6 Å². The number of pyridine rings is 1. The van der Waals surface area contributed by atoms with Gasteiger partial charge in [-0.15, -0.1) is 0 Å². The normalized spacial score (nSPS) is 15.5. The van der Waals surface area contributed by atoms with Crippen LogP contribution in [-0.2, 0) is 7.05 Å². The lowest BCUT2D eigenvalue weighted by Crippen LogP contribution is -2.32. The fourth-order valence-corrected chi connectivity index (χ4v) is 4.07. The van der Waals surface area contributed by atoms with Gasteiger partial charge in [-0.3, -0.25) is 14.4 Å². The molecule has 2 aromatic heterocycles. The van der Waals surface area contributed by atoms with Crippen molar-refractivity contribution < 1.29 is 9.59 Å². The Bertz CT molecular complexity index is 1270. The van der Waals surface area contributed by atoms with Crippen molar-refractivity contribution in [3.63, 3.8) is 0 Å². The summed E-state index contributed by atoms with van der Waals surface area (Å²) in [5, 5.41) is 0. The SMILES string of the molecule is CN(C)c1ncc(-c2ccc(C(N)=O)cc2)c(C2CCCN2C(=O)c2ccc(=O)n(C)c2)n1. The third-order valence-corrected chi connectivity index (χ3v) is 5.85. The van der Waals surface area contributed by atoms with E-state index >= 15 is 0 Å². The first kappa shape index (κ1) is 22.2. The molecule has 170 valence electrons. The molecule has 1 fully saturated rings. The van der Waals surface area contributed by atoms with Crippen LogP contribution in [0, 0.1) is 0 Å². The second-order valence-electron chi connectivity index (χ2n) is 8.33. The minimum absolute atomic E-state index is 0.145. The molecule has 4 rings (SSSR count). The third kappa shape index (κ3) is 4.34. The van der Waals surface area contributed by atoms with E-state index in [1.807, 2.05) is 36.0 Å². The Labute approximate surface area is 191 Å². The number of hydrogen-bond acceptors (Lipinski definition) is 6. The number of anilines is 1. The predicted molar refractivity (Wildman–Crippen MR) is 125 cm³/mol. The summed E-state index contributed by atoms with van der Waals surface area (Å²) in [6.07, 6.45) is 4.91. The molecule has 0 saturated carbocycles. The summed E-state index contributed by atoms with van der Waals surface area (Å²) in [7, 11) is 5.35. The van der Waals surface area contributed by atoms with Gasteiger partial charge in [-0.1, -0.05) is 12.1 Å². The fourth-order valence-electron chi connectivity index (χ4n) is 4.07. The molecule has 1 aliphatic heterocycles. The van der Waals surface area contributed by atoms with E-state index in [1.54, 1.807) is 37.6 Å². The van der Waals surface area contributed by atoms with E-state index in [2.05, 4.69) is 4.98 Å². The number of carbonyl (C=O) groups excluding carboxylic acids is 2. The molecule has 1 saturated heterocycles. The number of amides is 2. The number of nitrogens with two attached hydrogens (primary N) is 1. The van der Waals surface area contributed by atoms with Gasteiger partial charge in [-0.05, 0) is 36.6 Å². The maximum absolute atomic E-state index is 13.4. The minimum Gasteiger partial charge on any atom is -0.366 e. The van der Waals surface area contributed by atoms with E-state index in [0.29, 0.717) is 23.6 Å². The zero-order chi connectivity index (χ0) is 23.7. The Balaban J connectivity index is 1.77. The number of carbonyl (C=O) groups is 2. The van der Waals surface area contributed by atoms with Crippen molar-refractivity contribution in [3.05, 3.63) is 76.0 Å². The van der Waals surface area contributed by atoms with E-state index in [-0.39, 0.29) is 17.5 Å². The molecule has 9 heteroatoms. The monoisotopic (exact) mass is 446 g/mol. The average molecular weight is 447 g/mol. The minimum atomic E-state index is -0.495. The summed E-state index contributed by atoms with van der Waals surface area (Å²) in [6.45, 7) is 0.591. The number of primary amides is 1. The summed E-state index contributed by atoms with van der Waals surface area (Å²) in [4.78, 5) is 49.5. The van der Waals surface area contributed by atoms with Crippen LogP contribution in [-0.4, -0.2) is 51.9 Å². The number of hydrogen-bond donors (Lipinski definition) is 1. The van der Waals surface area contributed by atoms with Crippen LogP contribution in [0.4, 0.5) is 5.95 Å². The molecule has 9 nitrogen and oxygen atoms in total. The average Bonchev–Trinajstić information content (AvgIpc) is 3.30. The highest BCUT2D eigenvalue weighted by Crippen LogP contribution is 2.38. The van der Waals surface area contributed by atoms with Crippen molar-refractivity contribution in [3.8, 4) is 11.1 Å². The summed E-state index contributed by atoms with van der Waals surface area (Å²) >= 11 is 0. The molecule has 3 heterocycles. The molecule has 1 aliphatic rings. The molecule has 1 unspecified atom stereocenters. The number of rotatable bonds is 5. The van der Waals surface area contributed by atoms with Gasteiger partial charge in [0, 0.05) is 57.3 Å². The third-order valence-electron chi connectivity index (χ3n) is 5.85. The molecule has 0 bridgehead atoms. The van der Waals surface area contributed by atoms with Crippen LogP contribution in [0.25, 0.3) is 11.1 Å². The largest absolute Gasteiger partial charge is 0.366 e. The van der Waals surface area contributed by atoms with Crippen LogP contribution in [0.1, 0.15) is 45.3 Å². The van der Waals surface area contributed by atoms with Gasteiger partial charge < -0.3 is 20.1 Å². The van der Waals surface area contributed by atoms with Crippen LogP contribution in [0.5, 0.6) is 0 Å². The zero-order valence-electron chi connectivity index (χ0n) is 18.9. The Morgan fingerprint density at radius 3 is 2.42 bits per heavy atom. The highest BCUT2D eigenvalue weighted by atomic mass is 16.2. The van der Waals surface area contributed by atoms with Crippen LogP contribution in [0.3, 0.4) is 0 Å². The molecule has 0 aliphatic carbocycles. The number of benzene rings is 1. The second kappa shape index (κ2) is 8.85. The highest BCUT2D eigenvalue weighted by molar-refractivity contribution is 5.95. The summed E-state index contributed by atoms with van der Waals surface area (Å²) < 4.78 is 1.40. The van der Waals surface area contributed by atoms with Gasteiger partial charge in [0.2, 0.25) is 17.4 Å². The van der Waals surface area contributed by atoms with E-state index in [1.165, 1.54) is 10.6 Å². The molecular formula is C24H26N6O3. The van der Waals surface area contributed by atoms with Crippen LogP contribution in [0.2, 0.25) is 0 Å². The van der Waals surface area contributed by atoms with E-state index < -0.39 is 5.91 Å². The lowest BCUT2D eigenvalue weighted by atomic mass is 9.98. The van der Waals surface area contributed by atoms with Crippen molar-refractivity contribution in [2.24, 2.45) is 12.8 Å². The lowest BCUT2D eigenvalue weighted by molar-refractivity contribution is 0.0732. The maximum atomic E-state index is 13.4. The van der Waals surface area contributed by atoms with E-state index in [9.17, 15) is 14.4 Å². The molecule has 1 atom stereocenters. The van der Waals surface area contributed by atoms with Gasteiger partial charge in [-0.25, -0.2) is 9.97 Å². The predicted octanol–water partition coefficient (Wildman–Crippen LogP) is 1.98. The van der Waals surface area contributed by atoms with Crippen LogP contribution >= 0.6 is 0 Å². The molecule has 2 N–H and O–H groups in total. The van der Waals surface area contributed by atoms with Gasteiger partial charge in [0.25, 0.3) is 5.91 Å². The number of aryl methyl sites for hydroxylation is 1. The van der Waals surface area contributed by atoms with Gasteiger partial charge in [-0.2, -0.15) is 0 Å². The number of likely N-dealkylation sites (tertiary alicyclic amines) is 1. The quantitative estimate of drug-likeness (QED) is 0.641. The van der Waals surface area contributed by atoms with Crippen LogP contribution < -0.4 is 16.2 Å². The first-order valence-corrected chi connectivity index (χ1v) is 10.7. The number of nitrogens with zero attached hydrogens (tertiary/aromatic N) is 5. The fraction of sp³-hybridized carbons (Fsp3) is 0.292. The maximum Gasteiger partial charge on any atom is 0.255 e. The first-order valence-electron chi connectivity index (χ1n) is 10.7. The van der Waals surface area contributed by atoms with Crippen molar-refractivity contribution in [2.75, 3.05) is 25.5 Å². The Hall–Kier alpha value is -4.01. The molecule has 0 radical (unpaired) electrons. The smallest absolute Gasteiger partial charge is 0.255 e. The van der Waals surface area contributed by atoms with Crippen molar-refractivity contribution in [1.82, 2.24) is 19.4 Å². The van der Waals surface area contributed by atoms with E-state index in [0.717, 1.165) is 29.7 Å². The topological polar surface area (TPSA) is 114 Å². The first-order chi connectivity index (χ1) is 15.8. The lowest BCUT2D eigenvalue weighted by Gasteiger charge is -2.27. The van der Waals surface area contributed by atoms with Gasteiger partial charge in [0.1, 0.15) is 0 Å². The molecule has 3 aromatic rings. The number of aromatic nitrogens is 3. The van der Waals surface area contributed by atoms with Crippen molar-refractivity contribution in [1.29, 1.82) is 0 Å². The summed E-state index contributed by atoms with van der Waals surface area (Å²) in [5.74, 6) is -0.0946. The Kier molecular flexibility index (Phi) is 5.95. The molecular weight excluding hydrogens is 420 g/mol. The van der Waals surface area contributed by atoms with Gasteiger partial charge in [0.05, 0.1) is 17.3 Å². The summed E-state index contributed by atoms with van der Waals surface area (Å²) in [5.41, 5.74) is 8.46. The van der Waals surface area contributed by atoms with Gasteiger partial charge in [0.15, 0.2) is 0 Å². The standard InChI is InChI=1S/C24H26N6O3/c1-28(2)24-26-13-18(15-6-8-16(9-7-15)22(25)32)21(27-24)19-5-4-12-30(19)23(33)17-10-11-20(31)29(3)14-17/h6-11,13-14,19H,4-5,12H2,1-3H3,(H2,25,32). The Morgan fingerprint density at radius 2 is 1.79 bits per heavy atom. The van der Waals surface area contributed by atoms with E-state index in [4.69, 9.17) is 10.7 Å². The molecule has 2 amide bonds. The van der Waals surface area contributed by atoms with Crippen molar-refractivity contribution in [2.45, 2.75) is 18.9 Å². The molecule has 1 aromatic carbocycles. The second-order valence-corrected chi connectivity index (χ2v) is 8.33.